The molecule has 59 valence electrons. The Balaban J connectivity index is 0. The van der Waals surface area contributed by atoms with Gasteiger partial charge < -0.3 is 5.11 Å². The molecule has 0 aliphatic carbocycles. The van der Waals surface area contributed by atoms with Crippen molar-refractivity contribution in [1.29, 1.82) is 0 Å². The molecule has 0 aliphatic heterocycles. The van der Waals surface area contributed by atoms with Crippen LogP contribution in [0.4, 0.5) is 0 Å². The molecule has 1 radical (unpaired) electrons. The molecular formula is C8H18LaO. The summed E-state index contributed by atoms with van der Waals surface area (Å²) < 4.78 is 0. The zero-order valence-electron chi connectivity index (χ0n) is 6.97. The molecular weight excluding hydrogens is 251 g/mol. The van der Waals surface area contributed by atoms with Crippen molar-refractivity contribution in [2.24, 2.45) is 0 Å². The van der Waals surface area contributed by atoms with Crippen molar-refractivity contribution < 1.29 is 40.7 Å². The van der Waals surface area contributed by atoms with E-state index in [2.05, 4.69) is 6.92 Å². The molecule has 0 rings (SSSR count). The van der Waals surface area contributed by atoms with E-state index in [9.17, 15) is 0 Å². The fourth-order valence-electron chi connectivity index (χ4n) is 0.892. The van der Waals surface area contributed by atoms with Crippen LogP contribution < -0.4 is 0 Å². The molecule has 0 fully saturated rings. The summed E-state index contributed by atoms with van der Waals surface area (Å²) >= 11 is 0. The summed E-state index contributed by atoms with van der Waals surface area (Å²) in [7, 11) is 0. The van der Waals surface area contributed by atoms with Gasteiger partial charge in [-0.05, 0) is 6.42 Å². The van der Waals surface area contributed by atoms with Crippen LogP contribution in [0.5, 0.6) is 0 Å². The molecule has 0 spiro atoms. The molecule has 0 aliphatic rings. The van der Waals surface area contributed by atoms with Crippen molar-refractivity contribution in [2.45, 2.75) is 45.4 Å². The molecule has 0 saturated carbocycles. The average molecular weight is 269 g/mol. The summed E-state index contributed by atoms with van der Waals surface area (Å²) in [5, 5.41) is 8.42. The largest absolute Gasteiger partial charge is 0.396 e. The number of hydrogen-bond acceptors (Lipinski definition) is 1. The summed E-state index contributed by atoms with van der Waals surface area (Å²) in [5.41, 5.74) is 0. The summed E-state index contributed by atoms with van der Waals surface area (Å²) in [6.45, 7) is 2.58. The molecule has 1 nitrogen and oxygen atoms in total. The molecule has 0 amide bonds. The van der Waals surface area contributed by atoms with E-state index in [4.69, 9.17) is 5.11 Å². The third kappa shape index (κ3) is 11.9. The third-order valence-electron chi connectivity index (χ3n) is 1.51. The van der Waals surface area contributed by atoms with Gasteiger partial charge in [-0.1, -0.05) is 39.0 Å². The van der Waals surface area contributed by atoms with E-state index in [1.807, 2.05) is 0 Å². The maximum absolute atomic E-state index is 8.42. The van der Waals surface area contributed by atoms with Crippen LogP contribution in [0.2, 0.25) is 0 Å². The van der Waals surface area contributed by atoms with Gasteiger partial charge in [0.25, 0.3) is 0 Å². The minimum absolute atomic E-state index is 0. The van der Waals surface area contributed by atoms with Crippen molar-refractivity contribution in [2.75, 3.05) is 6.61 Å². The van der Waals surface area contributed by atoms with Crippen LogP contribution in [0.25, 0.3) is 0 Å². The zero-order valence-corrected chi connectivity index (χ0v) is 10.6. The normalized spacial score (nSPS) is 9.00. The Labute approximate surface area is 92.2 Å². The van der Waals surface area contributed by atoms with E-state index in [0.717, 1.165) is 6.42 Å². The van der Waals surface area contributed by atoms with E-state index in [0.29, 0.717) is 6.61 Å². The minimum Gasteiger partial charge on any atom is -0.396 e. The summed E-state index contributed by atoms with van der Waals surface area (Å²) in [5.74, 6) is 0. The minimum atomic E-state index is 0. The average Bonchev–Trinajstić information content (AvgIpc) is 1.89. The quantitative estimate of drug-likeness (QED) is 0.734. The summed E-state index contributed by atoms with van der Waals surface area (Å²) in [6.07, 6.45) is 7.50. The topological polar surface area (TPSA) is 20.2 Å². The van der Waals surface area contributed by atoms with Gasteiger partial charge in [-0.2, -0.15) is 0 Å². The molecule has 0 atom stereocenters. The molecule has 1 N–H and O–H groups in total. The van der Waals surface area contributed by atoms with Crippen molar-refractivity contribution in [3.05, 3.63) is 0 Å². The van der Waals surface area contributed by atoms with E-state index in [1.165, 1.54) is 32.1 Å². The Morgan fingerprint density at radius 2 is 1.40 bits per heavy atom. The van der Waals surface area contributed by atoms with E-state index < -0.39 is 0 Å². The van der Waals surface area contributed by atoms with Crippen molar-refractivity contribution in [1.82, 2.24) is 0 Å². The number of aliphatic hydroxyl groups is 1. The van der Waals surface area contributed by atoms with Crippen LogP contribution in [-0.4, -0.2) is 11.7 Å². The van der Waals surface area contributed by atoms with Crippen molar-refractivity contribution in [3.8, 4) is 0 Å². The predicted octanol–water partition coefficient (Wildman–Crippen LogP) is 2.34. The number of rotatable bonds is 6. The second-order valence-electron chi connectivity index (χ2n) is 2.49. The molecule has 0 saturated heterocycles. The Morgan fingerprint density at radius 1 is 0.900 bits per heavy atom. The van der Waals surface area contributed by atoms with Gasteiger partial charge in [0.05, 0.1) is 0 Å². The molecule has 0 aromatic rings. The Morgan fingerprint density at radius 3 is 1.90 bits per heavy atom. The summed E-state index contributed by atoms with van der Waals surface area (Å²) in [4.78, 5) is 0. The Bertz CT molecular complexity index is 42.5. The van der Waals surface area contributed by atoms with Gasteiger partial charge in [0, 0.05) is 42.2 Å². The first kappa shape index (κ1) is 13.7. The van der Waals surface area contributed by atoms with Gasteiger partial charge in [0.1, 0.15) is 0 Å². The maximum atomic E-state index is 8.42. The SMILES string of the molecule is CCCCCCCCO.[La]. The van der Waals surface area contributed by atoms with Gasteiger partial charge >= 0.3 is 0 Å². The Kier molecular flexibility index (Phi) is 17.6. The van der Waals surface area contributed by atoms with Gasteiger partial charge in [-0.15, -0.1) is 0 Å². The smallest absolute Gasteiger partial charge is 0.0431 e. The Hall–Kier alpha value is 1.15. The maximum Gasteiger partial charge on any atom is 0.0431 e. The molecule has 10 heavy (non-hydrogen) atoms. The van der Waals surface area contributed by atoms with Crippen LogP contribution in [0.1, 0.15) is 45.4 Å². The second-order valence-corrected chi connectivity index (χ2v) is 2.49. The first-order valence-corrected chi connectivity index (χ1v) is 4.02. The van der Waals surface area contributed by atoms with Crippen LogP contribution >= 0.6 is 0 Å². The third-order valence-corrected chi connectivity index (χ3v) is 1.51. The van der Waals surface area contributed by atoms with E-state index in [-0.39, 0.29) is 35.6 Å². The van der Waals surface area contributed by atoms with Crippen LogP contribution in [0.3, 0.4) is 0 Å². The fourth-order valence-corrected chi connectivity index (χ4v) is 0.892. The first-order chi connectivity index (χ1) is 4.41. The number of hydrogen-bond donors (Lipinski definition) is 1. The van der Waals surface area contributed by atoms with Gasteiger partial charge in [-0.3, -0.25) is 0 Å². The van der Waals surface area contributed by atoms with Crippen molar-refractivity contribution in [3.63, 3.8) is 0 Å². The summed E-state index contributed by atoms with van der Waals surface area (Å²) in [6, 6.07) is 0. The van der Waals surface area contributed by atoms with Gasteiger partial charge in [0.2, 0.25) is 0 Å². The van der Waals surface area contributed by atoms with E-state index >= 15 is 0 Å². The molecule has 0 heterocycles. The second kappa shape index (κ2) is 12.8. The predicted molar refractivity (Wildman–Crippen MR) is 40.5 cm³/mol. The first-order valence-electron chi connectivity index (χ1n) is 4.02. The van der Waals surface area contributed by atoms with Gasteiger partial charge in [-0.25, -0.2) is 0 Å². The van der Waals surface area contributed by atoms with Gasteiger partial charge in [0.15, 0.2) is 0 Å². The van der Waals surface area contributed by atoms with Crippen LogP contribution in [-0.2, 0) is 0 Å². The molecule has 2 heteroatoms. The molecule has 0 aromatic carbocycles. The fraction of sp³-hybridized carbons (Fsp3) is 1.00. The number of aliphatic hydroxyl groups excluding tert-OH is 1. The monoisotopic (exact) mass is 269 g/mol. The van der Waals surface area contributed by atoms with Crippen LogP contribution in [0, 0.1) is 35.6 Å². The molecule has 0 bridgehead atoms. The molecule has 0 aromatic heterocycles. The number of unbranched alkanes of at least 4 members (excludes halogenated alkanes) is 5. The zero-order chi connectivity index (χ0) is 6.95. The van der Waals surface area contributed by atoms with Crippen molar-refractivity contribution >= 4 is 0 Å². The standard InChI is InChI=1S/C8H18O.La/c1-2-3-4-5-6-7-8-9;/h9H,2-8H2,1H3;. The van der Waals surface area contributed by atoms with Crippen LogP contribution in [0.15, 0.2) is 0 Å². The molecule has 0 unspecified atom stereocenters. The van der Waals surface area contributed by atoms with E-state index in [1.54, 1.807) is 0 Å².